The number of ether oxygens (including phenoxy) is 2. The minimum absolute atomic E-state index is 0.0575. The van der Waals surface area contributed by atoms with Gasteiger partial charge in [-0.2, -0.15) is 0 Å². The maximum atomic E-state index is 10.5. The van der Waals surface area contributed by atoms with E-state index in [9.17, 15) is 4.79 Å². The molecule has 0 spiro atoms. The zero-order chi connectivity index (χ0) is 13.7. The first-order valence-corrected chi connectivity index (χ1v) is 5.86. The lowest BCUT2D eigenvalue weighted by Gasteiger charge is -2.11. The summed E-state index contributed by atoms with van der Waals surface area (Å²) in [4.78, 5) is 13.3. The Hall–Kier alpha value is -2.40. The van der Waals surface area contributed by atoms with Crippen LogP contribution in [0.15, 0.2) is 23.3 Å². The summed E-state index contributed by atoms with van der Waals surface area (Å²) in [6.07, 6.45) is 0.992. The molecule has 0 bridgehead atoms. The Morgan fingerprint density at radius 2 is 2.26 bits per heavy atom. The molecule has 1 aromatic rings. The van der Waals surface area contributed by atoms with Crippen molar-refractivity contribution in [2.75, 3.05) is 6.79 Å². The van der Waals surface area contributed by atoms with Gasteiger partial charge in [0.1, 0.15) is 0 Å². The number of azide groups is 1. The van der Waals surface area contributed by atoms with Crippen molar-refractivity contribution in [3.8, 4) is 11.5 Å². The molecule has 0 aromatic heterocycles. The fraction of sp³-hybridized carbons (Fsp3) is 0.417. The first kappa shape index (κ1) is 13.0. The molecule has 0 amide bonds. The van der Waals surface area contributed by atoms with Crippen LogP contribution in [0.2, 0.25) is 0 Å². The van der Waals surface area contributed by atoms with Gasteiger partial charge >= 0.3 is 5.97 Å². The number of rotatable bonds is 6. The molecule has 0 radical (unpaired) electrons. The van der Waals surface area contributed by atoms with Gasteiger partial charge in [0, 0.05) is 11.3 Å². The third kappa shape index (κ3) is 3.29. The van der Waals surface area contributed by atoms with Crippen LogP contribution in [0.1, 0.15) is 30.9 Å². The van der Waals surface area contributed by atoms with Crippen molar-refractivity contribution in [3.63, 3.8) is 0 Å². The number of nitrogens with zero attached hydrogens (tertiary/aromatic N) is 3. The van der Waals surface area contributed by atoms with E-state index in [-0.39, 0.29) is 19.3 Å². The van der Waals surface area contributed by atoms with E-state index in [0.717, 1.165) is 5.56 Å². The third-order valence-electron chi connectivity index (χ3n) is 2.84. The maximum Gasteiger partial charge on any atom is 0.303 e. The standard InChI is InChI=1S/C12H13N3O4/c13-15-14-9(2-1-3-12(16)17)8-4-5-10-11(6-8)19-7-18-10/h4-6,9H,1-3,7H2,(H,16,17). The van der Waals surface area contributed by atoms with Crippen molar-refractivity contribution >= 4 is 5.97 Å². The molecule has 0 aliphatic carbocycles. The molecule has 2 rings (SSSR count). The van der Waals surface area contributed by atoms with Gasteiger partial charge in [-0.1, -0.05) is 11.2 Å². The second kappa shape index (κ2) is 5.97. The Labute approximate surface area is 109 Å². The number of aliphatic carboxylic acids is 1. The lowest BCUT2D eigenvalue weighted by atomic mass is 10.0. The fourth-order valence-corrected chi connectivity index (χ4v) is 1.92. The molecule has 1 atom stereocenters. The van der Waals surface area contributed by atoms with Gasteiger partial charge in [0.15, 0.2) is 11.5 Å². The lowest BCUT2D eigenvalue weighted by Crippen LogP contribution is -1.99. The van der Waals surface area contributed by atoms with E-state index in [1.807, 2.05) is 0 Å². The highest BCUT2D eigenvalue weighted by Gasteiger charge is 2.17. The van der Waals surface area contributed by atoms with Gasteiger partial charge in [-0.25, -0.2) is 0 Å². The normalized spacial score (nSPS) is 13.7. The predicted molar refractivity (Wildman–Crippen MR) is 65.9 cm³/mol. The van der Waals surface area contributed by atoms with Crippen LogP contribution in [0.3, 0.4) is 0 Å². The summed E-state index contributed by atoms with van der Waals surface area (Å²) in [5.41, 5.74) is 9.38. The number of carboxylic acid groups (broad SMARTS) is 1. The van der Waals surface area contributed by atoms with Crippen molar-refractivity contribution in [2.24, 2.45) is 5.11 Å². The first-order valence-electron chi connectivity index (χ1n) is 5.86. The molecular weight excluding hydrogens is 250 g/mol. The average Bonchev–Trinajstić information content (AvgIpc) is 2.84. The SMILES string of the molecule is [N-]=[N+]=NC(CCCC(=O)O)c1ccc2c(c1)OCO2. The summed E-state index contributed by atoms with van der Waals surface area (Å²) in [6.45, 7) is 0.185. The van der Waals surface area contributed by atoms with Crippen molar-refractivity contribution in [3.05, 3.63) is 34.2 Å². The minimum atomic E-state index is -0.856. The van der Waals surface area contributed by atoms with E-state index in [2.05, 4.69) is 10.0 Å². The van der Waals surface area contributed by atoms with Crippen molar-refractivity contribution in [1.82, 2.24) is 0 Å². The smallest absolute Gasteiger partial charge is 0.303 e. The Balaban J connectivity index is 2.10. The number of carboxylic acids is 1. The van der Waals surface area contributed by atoms with Gasteiger partial charge in [0.2, 0.25) is 6.79 Å². The van der Waals surface area contributed by atoms with Crippen LogP contribution in [0, 0.1) is 0 Å². The van der Waals surface area contributed by atoms with Crippen LogP contribution in [-0.2, 0) is 4.79 Å². The summed E-state index contributed by atoms with van der Waals surface area (Å²) in [5.74, 6) is 0.424. The monoisotopic (exact) mass is 263 g/mol. The highest BCUT2D eigenvalue weighted by molar-refractivity contribution is 5.66. The Bertz CT molecular complexity index is 526. The Kier molecular flexibility index (Phi) is 4.10. The maximum absolute atomic E-state index is 10.5. The molecule has 0 saturated carbocycles. The molecule has 19 heavy (non-hydrogen) atoms. The summed E-state index contributed by atoms with van der Waals surface area (Å²) < 4.78 is 10.5. The molecule has 1 unspecified atom stereocenters. The Morgan fingerprint density at radius 1 is 1.47 bits per heavy atom. The zero-order valence-corrected chi connectivity index (χ0v) is 10.2. The summed E-state index contributed by atoms with van der Waals surface area (Å²) in [6, 6.07) is 4.93. The van der Waals surface area contributed by atoms with Crippen molar-refractivity contribution in [1.29, 1.82) is 0 Å². The second-order valence-electron chi connectivity index (χ2n) is 4.12. The molecular formula is C12H13N3O4. The molecule has 7 heteroatoms. The van der Waals surface area contributed by atoms with Crippen molar-refractivity contribution in [2.45, 2.75) is 25.3 Å². The van der Waals surface area contributed by atoms with Gasteiger partial charge in [0.25, 0.3) is 0 Å². The highest BCUT2D eigenvalue weighted by Crippen LogP contribution is 2.36. The van der Waals surface area contributed by atoms with E-state index >= 15 is 0 Å². The molecule has 1 heterocycles. The van der Waals surface area contributed by atoms with Crippen LogP contribution >= 0.6 is 0 Å². The predicted octanol–water partition coefficient (Wildman–Crippen LogP) is 3.02. The number of hydrogen-bond donors (Lipinski definition) is 1. The van der Waals surface area contributed by atoms with Gasteiger partial charge in [-0.05, 0) is 36.1 Å². The molecule has 7 nitrogen and oxygen atoms in total. The lowest BCUT2D eigenvalue weighted by molar-refractivity contribution is -0.137. The first-order chi connectivity index (χ1) is 9.20. The highest BCUT2D eigenvalue weighted by atomic mass is 16.7. The minimum Gasteiger partial charge on any atom is -0.481 e. The summed E-state index contributed by atoms with van der Waals surface area (Å²) in [7, 11) is 0. The number of fused-ring (bicyclic) bond motifs is 1. The Morgan fingerprint density at radius 3 is 3.00 bits per heavy atom. The second-order valence-corrected chi connectivity index (χ2v) is 4.12. The number of hydrogen-bond acceptors (Lipinski definition) is 4. The van der Waals surface area contributed by atoms with E-state index in [1.165, 1.54) is 0 Å². The molecule has 0 fully saturated rings. The van der Waals surface area contributed by atoms with Crippen LogP contribution in [0.5, 0.6) is 11.5 Å². The number of carbonyl (C=O) groups is 1. The molecule has 0 saturated heterocycles. The largest absolute Gasteiger partial charge is 0.481 e. The van der Waals surface area contributed by atoms with Crippen molar-refractivity contribution < 1.29 is 19.4 Å². The quantitative estimate of drug-likeness (QED) is 0.483. The molecule has 1 N–H and O–H groups in total. The fourth-order valence-electron chi connectivity index (χ4n) is 1.92. The van der Waals surface area contributed by atoms with Gasteiger partial charge in [-0.3, -0.25) is 4.79 Å². The van der Waals surface area contributed by atoms with Gasteiger partial charge < -0.3 is 14.6 Å². The average molecular weight is 263 g/mol. The van der Waals surface area contributed by atoms with Crippen LogP contribution in [-0.4, -0.2) is 17.9 Å². The van der Waals surface area contributed by atoms with Gasteiger partial charge in [0.05, 0.1) is 6.04 Å². The molecule has 1 aliphatic rings. The van der Waals surface area contributed by atoms with Crippen LogP contribution in [0.25, 0.3) is 10.4 Å². The summed E-state index contributed by atoms with van der Waals surface area (Å²) in [5, 5.41) is 12.3. The van der Waals surface area contributed by atoms with Gasteiger partial charge in [-0.15, -0.1) is 0 Å². The zero-order valence-electron chi connectivity index (χ0n) is 10.2. The third-order valence-corrected chi connectivity index (χ3v) is 2.84. The molecule has 1 aliphatic heterocycles. The van der Waals surface area contributed by atoms with E-state index in [0.29, 0.717) is 24.3 Å². The van der Waals surface area contributed by atoms with E-state index in [4.69, 9.17) is 20.1 Å². The summed E-state index contributed by atoms with van der Waals surface area (Å²) >= 11 is 0. The number of benzene rings is 1. The topological polar surface area (TPSA) is 105 Å². The molecule has 1 aromatic carbocycles. The van der Waals surface area contributed by atoms with E-state index in [1.54, 1.807) is 18.2 Å². The van der Waals surface area contributed by atoms with Crippen LogP contribution in [0.4, 0.5) is 0 Å². The van der Waals surface area contributed by atoms with E-state index < -0.39 is 5.97 Å². The molecule has 100 valence electrons. The van der Waals surface area contributed by atoms with Crippen LogP contribution < -0.4 is 9.47 Å².